The third kappa shape index (κ3) is 4.67. The molecule has 1 fully saturated rings. The highest BCUT2D eigenvalue weighted by atomic mass is 32.2. The number of carbonyl (C=O) groups excluding carboxylic acids is 1. The minimum atomic E-state index is -0.170. The summed E-state index contributed by atoms with van der Waals surface area (Å²) in [6.07, 6.45) is 0.650. The van der Waals surface area contributed by atoms with Crippen LogP contribution < -0.4 is 4.74 Å². The second-order valence-electron chi connectivity index (χ2n) is 7.13. The molecule has 30 heavy (non-hydrogen) atoms. The minimum Gasteiger partial charge on any atom is -0.489 e. The number of hydrogen-bond donors (Lipinski definition) is 0. The maximum atomic E-state index is 12.6. The highest BCUT2D eigenvalue weighted by Gasteiger charge is 2.36. The van der Waals surface area contributed by atoms with E-state index in [1.807, 2.05) is 36.4 Å². The number of thiocarbonyl (C=S) groups is 1. The van der Waals surface area contributed by atoms with E-state index < -0.39 is 0 Å². The van der Waals surface area contributed by atoms with Gasteiger partial charge in [0.05, 0.1) is 18.4 Å². The van der Waals surface area contributed by atoms with E-state index in [1.54, 1.807) is 12.0 Å². The molecule has 1 saturated heterocycles. The van der Waals surface area contributed by atoms with E-state index in [-0.39, 0.29) is 11.2 Å². The average molecular weight is 438 g/mol. The predicted octanol–water partition coefficient (Wildman–Crippen LogP) is 4.84. The number of methoxy groups -OCH3 is 1. The summed E-state index contributed by atoms with van der Waals surface area (Å²) in [6, 6.07) is 22.5. The number of amides is 1. The molecule has 3 aromatic rings. The first-order chi connectivity index (χ1) is 14.7. The molecule has 0 aromatic heterocycles. The molecular weight excluding hydrogens is 414 g/mol. The SMILES string of the molecule is COCCN1C(=O)[C@@H](Cc2ccc(OCc3cccc4ccccc34)cc2)SC1=S. The molecule has 0 saturated carbocycles. The zero-order valence-corrected chi connectivity index (χ0v) is 18.4. The van der Waals surface area contributed by atoms with E-state index in [2.05, 4.69) is 30.3 Å². The highest BCUT2D eigenvalue weighted by Crippen LogP contribution is 2.30. The maximum absolute atomic E-state index is 12.6. The lowest BCUT2D eigenvalue weighted by Gasteiger charge is -2.14. The van der Waals surface area contributed by atoms with Gasteiger partial charge in [-0.1, -0.05) is 78.6 Å². The molecular formula is C24H23NO3S2. The molecule has 0 spiro atoms. The Morgan fingerprint density at radius 2 is 1.80 bits per heavy atom. The van der Waals surface area contributed by atoms with Crippen molar-refractivity contribution in [1.82, 2.24) is 4.90 Å². The van der Waals surface area contributed by atoms with Crippen molar-refractivity contribution in [2.75, 3.05) is 20.3 Å². The van der Waals surface area contributed by atoms with Crippen molar-refractivity contribution in [2.24, 2.45) is 0 Å². The van der Waals surface area contributed by atoms with Crippen LogP contribution in [-0.4, -0.2) is 40.6 Å². The van der Waals surface area contributed by atoms with E-state index >= 15 is 0 Å². The van der Waals surface area contributed by atoms with Gasteiger partial charge in [0.2, 0.25) is 5.91 Å². The fourth-order valence-electron chi connectivity index (χ4n) is 3.53. The van der Waals surface area contributed by atoms with Crippen LogP contribution in [0.5, 0.6) is 5.75 Å². The highest BCUT2D eigenvalue weighted by molar-refractivity contribution is 8.24. The molecule has 0 N–H and O–H groups in total. The van der Waals surface area contributed by atoms with Crippen molar-refractivity contribution in [2.45, 2.75) is 18.3 Å². The Labute approximate surface area is 186 Å². The molecule has 1 atom stereocenters. The van der Waals surface area contributed by atoms with Crippen molar-refractivity contribution in [3.05, 3.63) is 77.9 Å². The zero-order chi connectivity index (χ0) is 20.9. The number of nitrogens with zero attached hydrogens (tertiary/aromatic N) is 1. The number of fused-ring (bicyclic) bond motifs is 1. The molecule has 0 aliphatic carbocycles. The number of ether oxygens (including phenoxy) is 2. The molecule has 1 aliphatic heterocycles. The van der Waals surface area contributed by atoms with Gasteiger partial charge >= 0.3 is 0 Å². The van der Waals surface area contributed by atoms with Gasteiger partial charge in [-0.15, -0.1) is 0 Å². The quantitative estimate of drug-likeness (QED) is 0.472. The molecule has 6 heteroatoms. The summed E-state index contributed by atoms with van der Waals surface area (Å²) in [6.45, 7) is 1.51. The minimum absolute atomic E-state index is 0.0679. The zero-order valence-electron chi connectivity index (χ0n) is 16.7. The van der Waals surface area contributed by atoms with Gasteiger partial charge in [0.1, 0.15) is 16.7 Å². The van der Waals surface area contributed by atoms with Crippen molar-refractivity contribution < 1.29 is 14.3 Å². The lowest BCUT2D eigenvalue weighted by Crippen LogP contribution is -2.34. The monoisotopic (exact) mass is 437 g/mol. The van der Waals surface area contributed by atoms with E-state index in [0.29, 0.717) is 30.5 Å². The van der Waals surface area contributed by atoms with Crippen molar-refractivity contribution in [3.8, 4) is 5.75 Å². The topological polar surface area (TPSA) is 38.8 Å². The molecule has 154 valence electrons. The Bertz CT molecular complexity index is 1050. The molecule has 4 rings (SSSR count). The number of carbonyl (C=O) groups is 1. The molecule has 3 aromatic carbocycles. The first kappa shape index (κ1) is 20.8. The van der Waals surface area contributed by atoms with Gasteiger partial charge in [-0.2, -0.15) is 0 Å². The summed E-state index contributed by atoms with van der Waals surface area (Å²) in [7, 11) is 1.62. The van der Waals surface area contributed by atoms with E-state index in [1.165, 1.54) is 22.5 Å². The van der Waals surface area contributed by atoms with Crippen molar-refractivity contribution in [3.63, 3.8) is 0 Å². The first-order valence-corrected chi connectivity index (χ1v) is 11.1. The van der Waals surface area contributed by atoms with Gasteiger partial charge < -0.3 is 9.47 Å². The molecule has 1 aliphatic rings. The van der Waals surface area contributed by atoms with Crippen LogP contribution in [0.1, 0.15) is 11.1 Å². The number of rotatable bonds is 8. The summed E-state index contributed by atoms with van der Waals surface area (Å²) in [4.78, 5) is 14.2. The molecule has 0 bridgehead atoms. The Morgan fingerprint density at radius 1 is 1.03 bits per heavy atom. The van der Waals surface area contributed by atoms with E-state index in [9.17, 15) is 4.79 Å². The fraction of sp³-hybridized carbons (Fsp3) is 0.250. The first-order valence-electron chi connectivity index (χ1n) is 9.85. The Hall–Kier alpha value is -2.41. The van der Waals surface area contributed by atoms with Crippen LogP contribution in [0.4, 0.5) is 0 Å². The van der Waals surface area contributed by atoms with Crippen LogP contribution in [0.15, 0.2) is 66.7 Å². The molecule has 0 unspecified atom stereocenters. The summed E-state index contributed by atoms with van der Waals surface area (Å²) in [5.74, 6) is 0.882. The molecule has 1 heterocycles. The third-order valence-electron chi connectivity index (χ3n) is 5.14. The van der Waals surface area contributed by atoms with E-state index in [0.717, 1.165) is 16.9 Å². The molecule has 0 radical (unpaired) electrons. The van der Waals surface area contributed by atoms with Crippen LogP contribution in [0.3, 0.4) is 0 Å². The fourth-order valence-corrected chi connectivity index (χ4v) is 5.11. The Balaban J connectivity index is 1.36. The molecule has 1 amide bonds. The lowest BCUT2D eigenvalue weighted by molar-refractivity contribution is -0.126. The largest absolute Gasteiger partial charge is 0.489 e. The van der Waals surface area contributed by atoms with Crippen molar-refractivity contribution in [1.29, 1.82) is 0 Å². The van der Waals surface area contributed by atoms with Gasteiger partial charge in [0.25, 0.3) is 0 Å². The number of thioether (sulfide) groups is 1. The van der Waals surface area contributed by atoms with E-state index in [4.69, 9.17) is 21.7 Å². The van der Waals surface area contributed by atoms with Gasteiger partial charge in [0, 0.05) is 7.11 Å². The smallest absolute Gasteiger partial charge is 0.242 e. The third-order valence-corrected chi connectivity index (χ3v) is 6.73. The second kappa shape index (κ2) is 9.60. The standard InChI is InChI=1S/C24H23NO3S2/c1-27-14-13-25-23(26)22(30-24(25)29)15-17-9-11-20(12-10-17)28-16-19-7-4-6-18-5-2-3-8-21(18)19/h2-12,22H,13-16H2,1H3/t22-/m1/s1. The molecule has 4 nitrogen and oxygen atoms in total. The van der Waals surface area contributed by atoms with Crippen LogP contribution in [0.2, 0.25) is 0 Å². The Morgan fingerprint density at radius 3 is 2.60 bits per heavy atom. The summed E-state index contributed by atoms with van der Waals surface area (Å²) < 4.78 is 11.7. The summed E-state index contributed by atoms with van der Waals surface area (Å²) in [5, 5.41) is 2.25. The number of hydrogen-bond acceptors (Lipinski definition) is 5. The van der Waals surface area contributed by atoms with Gasteiger partial charge in [-0.3, -0.25) is 9.69 Å². The summed E-state index contributed by atoms with van der Waals surface area (Å²) in [5.41, 5.74) is 2.25. The number of benzene rings is 3. The Kier molecular flexibility index (Phi) is 6.67. The lowest BCUT2D eigenvalue weighted by atomic mass is 10.1. The van der Waals surface area contributed by atoms with Crippen LogP contribution >= 0.6 is 24.0 Å². The maximum Gasteiger partial charge on any atom is 0.242 e. The van der Waals surface area contributed by atoms with Gasteiger partial charge in [0.15, 0.2) is 0 Å². The predicted molar refractivity (Wildman–Crippen MR) is 126 cm³/mol. The van der Waals surface area contributed by atoms with Crippen molar-refractivity contribution >= 4 is 45.0 Å². The van der Waals surface area contributed by atoms with Crippen LogP contribution in [-0.2, 0) is 22.6 Å². The van der Waals surface area contributed by atoms with Gasteiger partial charge in [-0.05, 0) is 40.5 Å². The van der Waals surface area contributed by atoms with Crippen LogP contribution in [0, 0.1) is 0 Å². The normalized spacial score (nSPS) is 16.4. The summed E-state index contributed by atoms with van der Waals surface area (Å²) >= 11 is 6.81. The average Bonchev–Trinajstić information content (AvgIpc) is 3.04. The second-order valence-corrected chi connectivity index (χ2v) is 8.97. The van der Waals surface area contributed by atoms with Crippen LogP contribution in [0.25, 0.3) is 10.8 Å². The van der Waals surface area contributed by atoms with Gasteiger partial charge in [-0.25, -0.2) is 0 Å².